The third kappa shape index (κ3) is 3.80. The van der Waals surface area contributed by atoms with Gasteiger partial charge in [-0.05, 0) is 38.2 Å². The van der Waals surface area contributed by atoms with Gasteiger partial charge in [0, 0.05) is 13.1 Å². The van der Waals surface area contributed by atoms with E-state index >= 15 is 0 Å². The molecule has 1 aromatic rings. The summed E-state index contributed by atoms with van der Waals surface area (Å²) in [5.74, 6) is 0.750. The van der Waals surface area contributed by atoms with Crippen LogP contribution in [-0.4, -0.2) is 40.9 Å². The number of nitriles is 1. The highest BCUT2D eigenvalue weighted by atomic mass is 32.2. The second kappa shape index (κ2) is 7.01. The van der Waals surface area contributed by atoms with Gasteiger partial charge in [-0.25, -0.2) is 0 Å². The number of hydrogen-bond donors (Lipinski definition) is 1. The van der Waals surface area contributed by atoms with E-state index < -0.39 is 0 Å². The average Bonchev–Trinajstić information content (AvgIpc) is 3.05. The summed E-state index contributed by atoms with van der Waals surface area (Å²) in [6.45, 7) is 3.89. The van der Waals surface area contributed by atoms with E-state index in [1.54, 1.807) is 24.1 Å². The van der Waals surface area contributed by atoms with Gasteiger partial charge in [0.1, 0.15) is 10.5 Å². The Kier molecular flexibility index (Phi) is 5.32. The lowest BCUT2D eigenvalue weighted by atomic mass is 9.96. The Balaban J connectivity index is 1.82. The van der Waals surface area contributed by atoms with Gasteiger partial charge in [-0.3, -0.25) is 9.69 Å². The van der Waals surface area contributed by atoms with E-state index in [9.17, 15) is 10.1 Å². The zero-order valence-corrected chi connectivity index (χ0v) is 13.3. The summed E-state index contributed by atoms with van der Waals surface area (Å²) in [4.78, 5) is 14.3. The van der Waals surface area contributed by atoms with Crippen molar-refractivity contribution in [1.29, 1.82) is 5.26 Å². The highest BCUT2D eigenvalue weighted by Gasteiger charge is 2.36. The van der Waals surface area contributed by atoms with Gasteiger partial charge in [0.05, 0.1) is 24.9 Å². The van der Waals surface area contributed by atoms with Crippen molar-refractivity contribution in [1.82, 2.24) is 10.2 Å². The lowest BCUT2D eigenvalue weighted by molar-refractivity contribution is -0.126. The Morgan fingerprint density at radius 1 is 1.62 bits per heavy atom. The fourth-order valence-electron chi connectivity index (χ4n) is 2.54. The predicted molar refractivity (Wildman–Crippen MR) is 82.7 cm³/mol. The van der Waals surface area contributed by atoms with Gasteiger partial charge in [-0.15, -0.1) is 11.8 Å². The van der Waals surface area contributed by atoms with Crippen LogP contribution in [0.3, 0.4) is 0 Å². The van der Waals surface area contributed by atoms with Crippen molar-refractivity contribution >= 4 is 17.7 Å². The minimum Gasteiger partial charge on any atom is -0.467 e. The standard InChI is InChI=1S/C15H21N3O2S/c1-12(14(19)17-10-13-4-3-9-20-13)18-7-5-15(11-16,21-2)6-8-18/h3-4,9,12H,5-8,10H2,1-2H3,(H,17,19). The number of furan rings is 1. The number of carbonyl (C=O) groups is 1. The number of thioether (sulfide) groups is 1. The van der Waals surface area contributed by atoms with E-state index in [2.05, 4.69) is 16.3 Å². The van der Waals surface area contributed by atoms with Crippen molar-refractivity contribution in [2.45, 2.75) is 37.1 Å². The molecule has 21 heavy (non-hydrogen) atoms. The molecule has 1 aliphatic heterocycles. The summed E-state index contributed by atoms with van der Waals surface area (Å²) in [6, 6.07) is 5.88. The SMILES string of the molecule is CSC1(C#N)CCN(C(C)C(=O)NCc2ccco2)CC1. The molecule has 0 saturated carbocycles. The van der Waals surface area contributed by atoms with Gasteiger partial charge < -0.3 is 9.73 Å². The number of nitrogens with one attached hydrogen (secondary N) is 1. The van der Waals surface area contributed by atoms with Gasteiger partial charge in [-0.2, -0.15) is 5.26 Å². The Labute approximate surface area is 129 Å². The molecule has 1 saturated heterocycles. The van der Waals surface area contributed by atoms with Crippen LogP contribution in [0, 0.1) is 11.3 Å². The molecule has 114 valence electrons. The van der Waals surface area contributed by atoms with Crippen molar-refractivity contribution in [3.63, 3.8) is 0 Å². The van der Waals surface area contributed by atoms with E-state index in [4.69, 9.17) is 4.42 Å². The molecule has 0 aliphatic carbocycles. The third-order valence-corrected chi connectivity index (χ3v) is 5.43. The lowest BCUT2D eigenvalue weighted by Gasteiger charge is -2.38. The summed E-state index contributed by atoms with van der Waals surface area (Å²) in [5, 5.41) is 12.2. The first-order valence-electron chi connectivity index (χ1n) is 7.11. The molecule has 1 N–H and O–H groups in total. The van der Waals surface area contributed by atoms with E-state index in [-0.39, 0.29) is 16.7 Å². The zero-order chi connectivity index (χ0) is 15.3. The number of likely N-dealkylation sites (tertiary alicyclic amines) is 1. The molecule has 1 amide bonds. The fourth-order valence-corrected chi connectivity index (χ4v) is 3.22. The molecule has 1 aromatic heterocycles. The minimum atomic E-state index is -0.277. The van der Waals surface area contributed by atoms with Crippen LogP contribution in [0.25, 0.3) is 0 Å². The Morgan fingerprint density at radius 2 is 2.33 bits per heavy atom. The molecule has 0 aromatic carbocycles. The average molecular weight is 307 g/mol. The first kappa shape index (κ1) is 15.9. The molecule has 1 aliphatic rings. The highest BCUT2D eigenvalue weighted by molar-refractivity contribution is 8.00. The first-order valence-corrected chi connectivity index (χ1v) is 8.33. The maximum Gasteiger partial charge on any atom is 0.237 e. The largest absolute Gasteiger partial charge is 0.467 e. The smallest absolute Gasteiger partial charge is 0.237 e. The van der Waals surface area contributed by atoms with Crippen LogP contribution in [0.2, 0.25) is 0 Å². The highest BCUT2D eigenvalue weighted by Crippen LogP contribution is 2.34. The molecule has 1 fully saturated rings. The molecule has 0 bridgehead atoms. The molecule has 1 unspecified atom stereocenters. The monoisotopic (exact) mass is 307 g/mol. The van der Waals surface area contributed by atoms with E-state index in [1.165, 1.54) is 0 Å². The van der Waals surface area contributed by atoms with Crippen LogP contribution < -0.4 is 5.32 Å². The maximum atomic E-state index is 12.2. The van der Waals surface area contributed by atoms with Crippen molar-refractivity contribution in [2.75, 3.05) is 19.3 Å². The van der Waals surface area contributed by atoms with Crippen molar-refractivity contribution in [3.05, 3.63) is 24.2 Å². The van der Waals surface area contributed by atoms with Crippen molar-refractivity contribution < 1.29 is 9.21 Å². The van der Waals surface area contributed by atoms with Gasteiger partial charge in [0.15, 0.2) is 0 Å². The molecule has 5 nitrogen and oxygen atoms in total. The van der Waals surface area contributed by atoms with Crippen LogP contribution in [0.5, 0.6) is 0 Å². The normalized spacial score (nSPS) is 19.7. The summed E-state index contributed by atoms with van der Waals surface area (Å²) >= 11 is 1.62. The zero-order valence-electron chi connectivity index (χ0n) is 12.5. The molecule has 0 spiro atoms. The van der Waals surface area contributed by atoms with Crippen molar-refractivity contribution in [3.8, 4) is 6.07 Å². The number of carbonyl (C=O) groups excluding carboxylic acids is 1. The lowest BCUT2D eigenvalue weighted by Crippen LogP contribution is -2.50. The molecule has 6 heteroatoms. The minimum absolute atomic E-state index is 0.00000850. The van der Waals surface area contributed by atoms with Crippen LogP contribution in [0.4, 0.5) is 0 Å². The Hall–Kier alpha value is -1.45. The molecule has 0 radical (unpaired) electrons. The van der Waals surface area contributed by atoms with Crippen LogP contribution in [0.15, 0.2) is 22.8 Å². The third-order valence-electron chi connectivity index (χ3n) is 4.14. The topological polar surface area (TPSA) is 69.3 Å². The number of rotatable bonds is 5. The Morgan fingerprint density at radius 3 is 2.86 bits per heavy atom. The second-order valence-corrected chi connectivity index (χ2v) is 6.51. The van der Waals surface area contributed by atoms with Gasteiger partial charge in [-0.1, -0.05) is 0 Å². The summed E-state index contributed by atoms with van der Waals surface area (Å²) < 4.78 is 4.92. The van der Waals surface area contributed by atoms with E-state index in [0.29, 0.717) is 6.54 Å². The predicted octanol–water partition coefficient (Wildman–Crippen LogP) is 2.01. The molecular formula is C15H21N3O2S. The summed E-state index contributed by atoms with van der Waals surface area (Å²) in [5.41, 5.74) is 0. The number of amides is 1. The van der Waals surface area contributed by atoms with Gasteiger partial charge in [0.25, 0.3) is 0 Å². The van der Waals surface area contributed by atoms with Gasteiger partial charge in [0.2, 0.25) is 5.91 Å². The van der Waals surface area contributed by atoms with Crippen LogP contribution in [-0.2, 0) is 11.3 Å². The quantitative estimate of drug-likeness (QED) is 0.901. The first-order chi connectivity index (χ1) is 10.1. The second-order valence-electron chi connectivity index (χ2n) is 5.32. The molecule has 2 heterocycles. The van der Waals surface area contributed by atoms with Crippen LogP contribution >= 0.6 is 11.8 Å². The number of nitrogens with zero attached hydrogens (tertiary/aromatic N) is 2. The van der Waals surface area contributed by atoms with Gasteiger partial charge >= 0.3 is 0 Å². The fraction of sp³-hybridized carbons (Fsp3) is 0.600. The van der Waals surface area contributed by atoms with E-state index in [0.717, 1.165) is 31.7 Å². The molecule has 2 rings (SSSR count). The van der Waals surface area contributed by atoms with E-state index in [1.807, 2.05) is 19.2 Å². The molecule has 1 atom stereocenters. The number of hydrogen-bond acceptors (Lipinski definition) is 5. The van der Waals surface area contributed by atoms with Crippen LogP contribution in [0.1, 0.15) is 25.5 Å². The summed E-state index contributed by atoms with van der Waals surface area (Å²) in [6.07, 6.45) is 5.19. The Bertz CT molecular complexity index is 501. The van der Waals surface area contributed by atoms with Crippen molar-refractivity contribution in [2.24, 2.45) is 0 Å². The maximum absolute atomic E-state index is 12.2. The summed E-state index contributed by atoms with van der Waals surface area (Å²) in [7, 11) is 0. The number of piperidine rings is 1. The molecular weight excluding hydrogens is 286 g/mol.